The van der Waals surface area contributed by atoms with Gasteiger partial charge in [0.1, 0.15) is 6.54 Å². The molecule has 2 amide bonds. The first kappa shape index (κ1) is 13.9. The number of halogens is 1. The molecule has 8 nitrogen and oxygen atoms in total. The first-order valence-electron chi connectivity index (χ1n) is 5.64. The summed E-state index contributed by atoms with van der Waals surface area (Å²) in [4.78, 5) is 23.1. The maximum absolute atomic E-state index is 11.5. The van der Waals surface area contributed by atoms with Crippen LogP contribution in [0.3, 0.4) is 0 Å². The van der Waals surface area contributed by atoms with Crippen LogP contribution >= 0.6 is 11.6 Å². The Morgan fingerprint density at radius 1 is 1.35 bits per heavy atom. The van der Waals surface area contributed by atoms with Gasteiger partial charge in [0.2, 0.25) is 17.6 Å². The molecule has 1 aromatic heterocycles. The Kier molecular flexibility index (Phi) is 4.26. The topological polar surface area (TPSA) is 116 Å². The van der Waals surface area contributed by atoms with Crippen LogP contribution in [0.15, 0.2) is 24.3 Å². The van der Waals surface area contributed by atoms with Crippen molar-refractivity contribution < 1.29 is 9.59 Å². The van der Waals surface area contributed by atoms with Gasteiger partial charge in [0.05, 0.1) is 11.6 Å². The molecule has 0 aliphatic carbocycles. The van der Waals surface area contributed by atoms with Crippen LogP contribution in [0.5, 0.6) is 0 Å². The smallest absolute Gasteiger partial charge is 0.244 e. The highest BCUT2D eigenvalue weighted by Crippen LogP contribution is 2.23. The standard InChI is InChI=1S/C11H11ClN6O2/c12-8-4-2-1-3-7(8)11-15-17-18(16-11)6-10(20)14-5-9(13)19/h1-4H,5-6H2,(H2,13,19)(H,14,20). The van der Waals surface area contributed by atoms with Crippen molar-refractivity contribution >= 4 is 23.4 Å². The summed E-state index contributed by atoms with van der Waals surface area (Å²) in [7, 11) is 0. The van der Waals surface area contributed by atoms with Crippen molar-refractivity contribution in [2.24, 2.45) is 5.73 Å². The molecule has 1 heterocycles. The fraction of sp³-hybridized carbons (Fsp3) is 0.182. The molecule has 0 unspecified atom stereocenters. The highest BCUT2D eigenvalue weighted by Gasteiger charge is 2.11. The zero-order chi connectivity index (χ0) is 14.5. The molecular formula is C11H11ClN6O2. The number of rotatable bonds is 5. The largest absolute Gasteiger partial charge is 0.368 e. The maximum atomic E-state index is 11.5. The minimum Gasteiger partial charge on any atom is -0.368 e. The van der Waals surface area contributed by atoms with Gasteiger partial charge in [-0.3, -0.25) is 9.59 Å². The van der Waals surface area contributed by atoms with Crippen LogP contribution in [-0.4, -0.2) is 38.6 Å². The van der Waals surface area contributed by atoms with Gasteiger partial charge in [0, 0.05) is 5.56 Å². The molecule has 0 aliphatic heterocycles. The van der Waals surface area contributed by atoms with Crippen molar-refractivity contribution in [1.82, 2.24) is 25.5 Å². The van der Waals surface area contributed by atoms with E-state index in [1.54, 1.807) is 24.3 Å². The van der Waals surface area contributed by atoms with Gasteiger partial charge in [-0.1, -0.05) is 23.7 Å². The minimum atomic E-state index is -0.623. The molecule has 9 heteroatoms. The fourth-order valence-electron chi connectivity index (χ4n) is 1.43. The Bertz CT molecular complexity index is 641. The number of primary amides is 1. The average molecular weight is 295 g/mol. The van der Waals surface area contributed by atoms with E-state index in [-0.39, 0.29) is 13.1 Å². The molecule has 104 valence electrons. The van der Waals surface area contributed by atoms with Gasteiger partial charge in [0.25, 0.3) is 0 Å². The Labute approximate surface area is 118 Å². The van der Waals surface area contributed by atoms with Gasteiger partial charge in [-0.2, -0.15) is 4.80 Å². The van der Waals surface area contributed by atoms with Crippen LogP contribution in [0.2, 0.25) is 5.02 Å². The fourth-order valence-corrected chi connectivity index (χ4v) is 1.65. The third-order valence-electron chi connectivity index (χ3n) is 2.31. The van der Waals surface area contributed by atoms with Crippen molar-refractivity contribution in [2.45, 2.75) is 6.54 Å². The van der Waals surface area contributed by atoms with Gasteiger partial charge in [0.15, 0.2) is 0 Å². The first-order chi connectivity index (χ1) is 9.56. The zero-order valence-electron chi connectivity index (χ0n) is 10.3. The van der Waals surface area contributed by atoms with E-state index in [1.807, 2.05) is 0 Å². The molecular weight excluding hydrogens is 284 g/mol. The quantitative estimate of drug-likeness (QED) is 0.778. The van der Waals surface area contributed by atoms with E-state index in [0.29, 0.717) is 16.4 Å². The predicted molar refractivity (Wildman–Crippen MR) is 70.5 cm³/mol. The van der Waals surface area contributed by atoms with E-state index in [2.05, 4.69) is 20.7 Å². The van der Waals surface area contributed by atoms with E-state index in [4.69, 9.17) is 17.3 Å². The first-order valence-corrected chi connectivity index (χ1v) is 6.02. The molecule has 0 spiro atoms. The lowest BCUT2D eigenvalue weighted by atomic mass is 10.2. The molecule has 2 aromatic rings. The number of hydrogen-bond acceptors (Lipinski definition) is 5. The second-order valence-electron chi connectivity index (χ2n) is 3.87. The van der Waals surface area contributed by atoms with E-state index < -0.39 is 11.8 Å². The molecule has 0 radical (unpaired) electrons. The monoisotopic (exact) mass is 294 g/mol. The van der Waals surface area contributed by atoms with Crippen molar-refractivity contribution in [2.75, 3.05) is 6.54 Å². The number of amides is 2. The molecule has 0 saturated carbocycles. The lowest BCUT2D eigenvalue weighted by Crippen LogP contribution is -2.35. The molecule has 0 atom stereocenters. The number of tetrazole rings is 1. The molecule has 3 N–H and O–H groups in total. The number of nitrogens with one attached hydrogen (secondary N) is 1. The number of benzene rings is 1. The normalized spacial score (nSPS) is 10.2. The SMILES string of the molecule is NC(=O)CNC(=O)Cn1nnc(-c2ccccc2Cl)n1. The summed E-state index contributed by atoms with van der Waals surface area (Å²) in [5.74, 6) is -0.744. The number of carbonyl (C=O) groups is 2. The summed E-state index contributed by atoms with van der Waals surface area (Å²) in [6, 6.07) is 7.03. The van der Waals surface area contributed by atoms with E-state index in [0.717, 1.165) is 4.80 Å². The van der Waals surface area contributed by atoms with Gasteiger partial charge in [-0.05, 0) is 17.3 Å². The summed E-state index contributed by atoms with van der Waals surface area (Å²) < 4.78 is 0. The number of aromatic nitrogens is 4. The molecule has 0 aliphatic rings. The number of carbonyl (C=O) groups excluding carboxylic acids is 2. The van der Waals surface area contributed by atoms with E-state index in [9.17, 15) is 9.59 Å². The summed E-state index contributed by atoms with van der Waals surface area (Å²) in [6.45, 7) is -0.393. The van der Waals surface area contributed by atoms with Gasteiger partial charge < -0.3 is 11.1 Å². The molecule has 0 saturated heterocycles. The van der Waals surface area contributed by atoms with Gasteiger partial charge >= 0.3 is 0 Å². The number of nitrogens with zero attached hydrogens (tertiary/aromatic N) is 4. The Balaban J connectivity index is 2.04. The summed E-state index contributed by atoms with van der Waals surface area (Å²) in [5, 5.41) is 14.4. The molecule has 1 aromatic carbocycles. The molecule has 0 bridgehead atoms. The zero-order valence-corrected chi connectivity index (χ0v) is 11.0. The average Bonchev–Trinajstić information content (AvgIpc) is 2.85. The summed E-state index contributed by atoms with van der Waals surface area (Å²) in [6.07, 6.45) is 0. The number of nitrogens with two attached hydrogens (primary N) is 1. The predicted octanol–water partition coefficient (Wildman–Crippen LogP) is -0.405. The van der Waals surface area contributed by atoms with E-state index >= 15 is 0 Å². The highest BCUT2D eigenvalue weighted by atomic mass is 35.5. The Hall–Kier alpha value is -2.48. The highest BCUT2D eigenvalue weighted by molar-refractivity contribution is 6.33. The molecule has 20 heavy (non-hydrogen) atoms. The molecule has 0 fully saturated rings. The van der Waals surface area contributed by atoms with Gasteiger partial charge in [-0.25, -0.2) is 0 Å². The third-order valence-corrected chi connectivity index (χ3v) is 2.64. The minimum absolute atomic E-state index is 0.162. The van der Waals surface area contributed by atoms with Gasteiger partial charge in [-0.15, -0.1) is 10.2 Å². The maximum Gasteiger partial charge on any atom is 0.244 e. The molecule has 2 rings (SSSR count). The van der Waals surface area contributed by atoms with Crippen molar-refractivity contribution in [3.63, 3.8) is 0 Å². The van der Waals surface area contributed by atoms with Crippen LogP contribution in [0.1, 0.15) is 0 Å². The van der Waals surface area contributed by atoms with Crippen LogP contribution in [0.4, 0.5) is 0 Å². The lowest BCUT2D eigenvalue weighted by molar-refractivity contribution is -0.125. The van der Waals surface area contributed by atoms with Crippen LogP contribution in [0, 0.1) is 0 Å². The van der Waals surface area contributed by atoms with Crippen molar-refractivity contribution in [1.29, 1.82) is 0 Å². The van der Waals surface area contributed by atoms with Crippen molar-refractivity contribution in [3.05, 3.63) is 29.3 Å². The lowest BCUT2D eigenvalue weighted by Gasteiger charge is -2.00. The van der Waals surface area contributed by atoms with Crippen LogP contribution < -0.4 is 11.1 Å². The third kappa shape index (κ3) is 3.51. The second-order valence-corrected chi connectivity index (χ2v) is 4.27. The van der Waals surface area contributed by atoms with Crippen LogP contribution in [-0.2, 0) is 16.1 Å². The van der Waals surface area contributed by atoms with Crippen LogP contribution in [0.25, 0.3) is 11.4 Å². The van der Waals surface area contributed by atoms with E-state index in [1.165, 1.54) is 0 Å². The Morgan fingerprint density at radius 3 is 2.80 bits per heavy atom. The number of hydrogen-bond donors (Lipinski definition) is 2. The Morgan fingerprint density at radius 2 is 2.10 bits per heavy atom. The summed E-state index contributed by atoms with van der Waals surface area (Å²) >= 11 is 6.01. The van der Waals surface area contributed by atoms with Crippen molar-refractivity contribution in [3.8, 4) is 11.4 Å². The summed E-state index contributed by atoms with van der Waals surface area (Å²) in [5.41, 5.74) is 5.54. The second kappa shape index (κ2) is 6.11.